The summed E-state index contributed by atoms with van der Waals surface area (Å²) < 4.78 is 0. The molecule has 1 atom stereocenters. The first kappa shape index (κ1) is 12.6. The van der Waals surface area contributed by atoms with Crippen LogP contribution in [0, 0.1) is 6.92 Å². The largest absolute Gasteiger partial charge is 0.398 e. The Morgan fingerprint density at radius 3 is 3.05 bits per heavy atom. The van der Waals surface area contributed by atoms with Gasteiger partial charge in [0, 0.05) is 28.8 Å². The minimum Gasteiger partial charge on any atom is -0.398 e. The van der Waals surface area contributed by atoms with E-state index in [0.29, 0.717) is 5.92 Å². The molecule has 4 rings (SSSR count). The van der Waals surface area contributed by atoms with Gasteiger partial charge in [-0.2, -0.15) is 0 Å². The molecule has 0 radical (unpaired) electrons. The lowest BCUT2D eigenvalue weighted by atomic mass is 9.95. The number of nitrogens with zero attached hydrogens (tertiary/aromatic N) is 1. The molecule has 1 saturated carbocycles. The topological polar surface area (TPSA) is 38.9 Å². The van der Waals surface area contributed by atoms with Gasteiger partial charge in [0.05, 0.1) is 5.52 Å². The number of aryl methyl sites for hydroxylation is 1. The van der Waals surface area contributed by atoms with E-state index in [-0.39, 0.29) is 0 Å². The van der Waals surface area contributed by atoms with Crippen molar-refractivity contribution in [2.45, 2.75) is 39.0 Å². The summed E-state index contributed by atoms with van der Waals surface area (Å²) in [6, 6.07) is 2.21. The van der Waals surface area contributed by atoms with Gasteiger partial charge in [-0.1, -0.05) is 23.8 Å². The number of nitrogens with two attached hydrogens (primary N) is 1. The molecule has 1 aromatic carbocycles. The van der Waals surface area contributed by atoms with Crippen molar-refractivity contribution in [3.8, 4) is 0 Å². The number of benzene rings is 1. The smallest absolute Gasteiger partial charge is 0.0801 e. The zero-order chi connectivity index (χ0) is 14.6. The Morgan fingerprint density at radius 1 is 1.38 bits per heavy atom. The first-order chi connectivity index (χ1) is 10.2. The Labute approximate surface area is 125 Å². The quantitative estimate of drug-likeness (QED) is 0.758. The lowest BCUT2D eigenvalue weighted by Crippen LogP contribution is -1.99. The zero-order valence-corrected chi connectivity index (χ0v) is 12.6. The van der Waals surface area contributed by atoms with E-state index in [0.717, 1.165) is 22.3 Å². The van der Waals surface area contributed by atoms with Crippen LogP contribution in [-0.2, 0) is 0 Å². The Hall–Kier alpha value is -2.09. The van der Waals surface area contributed by atoms with Crippen LogP contribution in [0.4, 0.5) is 5.69 Å². The van der Waals surface area contributed by atoms with Gasteiger partial charge in [-0.25, -0.2) is 0 Å². The van der Waals surface area contributed by atoms with Crippen LogP contribution in [0.3, 0.4) is 0 Å². The van der Waals surface area contributed by atoms with Crippen LogP contribution in [0.15, 0.2) is 23.9 Å². The second kappa shape index (κ2) is 4.45. The monoisotopic (exact) mass is 276 g/mol. The number of fused-ring (bicyclic) bond motifs is 5. The van der Waals surface area contributed by atoms with E-state index < -0.39 is 0 Å². The Bertz CT molecular complexity index is 812. The molecule has 2 aliphatic carbocycles. The summed E-state index contributed by atoms with van der Waals surface area (Å²) in [7, 11) is 0. The maximum Gasteiger partial charge on any atom is 0.0801 e. The second-order valence-corrected chi connectivity index (χ2v) is 6.21. The van der Waals surface area contributed by atoms with Gasteiger partial charge in [0.25, 0.3) is 0 Å². The molecule has 2 aromatic rings. The molecular formula is C19H20N2. The van der Waals surface area contributed by atoms with Crippen molar-refractivity contribution < 1.29 is 0 Å². The molecule has 106 valence electrons. The number of allylic oxidation sites excluding steroid dienone is 2. The standard InChI is InChI=1S/C19H20N2/c1-3-5-14-18(20)11(2)8-16-15-9-12-6-4-7-13(12)17(15)10-21-19(14)16/h3,5,8-10,13H,4,6-7,20H2,1-2H3/b5-3-. The fourth-order valence-electron chi connectivity index (χ4n) is 3.91. The van der Waals surface area contributed by atoms with Gasteiger partial charge in [0.2, 0.25) is 0 Å². The highest BCUT2D eigenvalue weighted by Gasteiger charge is 2.30. The number of pyridine rings is 1. The van der Waals surface area contributed by atoms with Gasteiger partial charge in [0.15, 0.2) is 0 Å². The molecule has 1 fully saturated rings. The van der Waals surface area contributed by atoms with Crippen LogP contribution in [0.5, 0.6) is 0 Å². The van der Waals surface area contributed by atoms with Crippen molar-refractivity contribution in [3.05, 3.63) is 46.2 Å². The van der Waals surface area contributed by atoms with Gasteiger partial charge in [-0.05, 0) is 55.9 Å². The number of hydrogen-bond donors (Lipinski definition) is 1. The molecule has 2 aliphatic rings. The fraction of sp³-hybridized carbons (Fsp3) is 0.316. The van der Waals surface area contributed by atoms with Gasteiger partial charge < -0.3 is 5.73 Å². The SMILES string of the molecule is C/C=C\c1c(N)c(C)cc2c3c(cnc12)C1CCCC1=C3. The molecule has 0 amide bonds. The van der Waals surface area contributed by atoms with E-state index in [1.165, 1.54) is 35.8 Å². The van der Waals surface area contributed by atoms with E-state index in [9.17, 15) is 0 Å². The maximum atomic E-state index is 6.27. The summed E-state index contributed by atoms with van der Waals surface area (Å²) in [5, 5.41) is 1.26. The molecule has 2 N–H and O–H groups in total. The third kappa shape index (κ3) is 1.68. The molecule has 2 nitrogen and oxygen atoms in total. The molecule has 1 heterocycles. The predicted octanol–water partition coefficient (Wildman–Crippen LogP) is 4.82. The van der Waals surface area contributed by atoms with E-state index in [1.54, 1.807) is 5.57 Å². The van der Waals surface area contributed by atoms with Crippen LogP contribution in [0.2, 0.25) is 0 Å². The highest BCUT2D eigenvalue weighted by Crippen LogP contribution is 2.48. The number of aromatic nitrogens is 1. The van der Waals surface area contributed by atoms with E-state index in [4.69, 9.17) is 10.7 Å². The first-order valence-electron chi connectivity index (χ1n) is 7.75. The fourth-order valence-corrected chi connectivity index (χ4v) is 3.91. The van der Waals surface area contributed by atoms with Crippen molar-refractivity contribution >= 4 is 28.7 Å². The van der Waals surface area contributed by atoms with Crippen LogP contribution in [0.25, 0.3) is 23.1 Å². The van der Waals surface area contributed by atoms with Gasteiger partial charge in [-0.15, -0.1) is 0 Å². The number of rotatable bonds is 1. The van der Waals surface area contributed by atoms with Gasteiger partial charge in [0.1, 0.15) is 0 Å². The highest BCUT2D eigenvalue weighted by atomic mass is 14.7. The van der Waals surface area contributed by atoms with E-state index in [1.807, 2.05) is 13.0 Å². The van der Waals surface area contributed by atoms with Crippen LogP contribution >= 0.6 is 0 Å². The summed E-state index contributed by atoms with van der Waals surface area (Å²) in [6.07, 6.45) is 12.4. The molecule has 0 aliphatic heterocycles. The average molecular weight is 276 g/mol. The first-order valence-corrected chi connectivity index (χ1v) is 7.75. The molecule has 0 bridgehead atoms. The molecule has 0 spiro atoms. The Kier molecular flexibility index (Phi) is 2.68. The molecule has 1 aromatic heterocycles. The summed E-state index contributed by atoms with van der Waals surface area (Å²) in [5.74, 6) is 0.625. The van der Waals surface area contributed by atoms with Crippen molar-refractivity contribution in [2.75, 3.05) is 5.73 Å². The zero-order valence-electron chi connectivity index (χ0n) is 12.6. The molecule has 0 saturated heterocycles. The molecule has 2 heteroatoms. The summed E-state index contributed by atoms with van der Waals surface area (Å²) in [6.45, 7) is 4.11. The minimum atomic E-state index is 0.625. The second-order valence-electron chi connectivity index (χ2n) is 6.21. The number of hydrogen-bond acceptors (Lipinski definition) is 2. The Balaban J connectivity index is 2.07. The van der Waals surface area contributed by atoms with Crippen molar-refractivity contribution in [1.29, 1.82) is 0 Å². The maximum absolute atomic E-state index is 6.27. The Morgan fingerprint density at radius 2 is 2.24 bits per heavy atom. The van der Waals surface area contributed by atoms with Crippen LogP contribution in [-0.4, -0.2) is 4.98 Å². The number of anilines is 1. The molecule has 1 unspecified atom stereocenters. The summed E-state index contributed by atoms with van der Waals surface area (Å²) >= 11 is 0. The minimum absolute atomic E-state index is 0.625. The summed E-state index contributed by atoms with van der Waals surface area (Å²) in [4.78, 5) is 4.77. The molecular weight excluding hydrogens is 256 g/mol. The van der Waals surface area contributed by atoms with E-state index in [2.05, 4.69) is 31.3 Å². The summed E-state index contributed by atoms with van der Waals surface area (Å²) in [5.41, 5.74) is 14.7. The van der Waals surface area contributed by atoms with Gasteiger partial charge >= 0.3 is 0 Å². The third-order valence-corrected chi connectivity index (χ3v) is 4.96. The van der Waals surface area contributed by atoms with Crippen molar-refractivity contribution in [3.63, 3.8) is 0 Å². The predicted molar refractivity (Wildman–Crippen MR) is 90.2 cm³/mol. The lowest BCUT2D eigenvalue weighted by molar-refractivity contribution is 0.796. The van der Waals surface area contributed by atoms with Crippen molar-refractivity contribution in [2.24, 2.45) is 0 Å². The van der Waals surface area contributed by atoms with Gasteiger partial charge in [-0.3, -0.25) is 4.98 Å². The van der Waals surface area contributed by atoms with Crippen molar-refractivity contribution in [1.82, 2.24) is 4.98 Å². The average Bonchev–Trinajstić information content (AvgIpc) is 3.04. The highest BCUT2D eigenvalue weighted by molar-refractivity contribution is 6.00. The van der Waals surface area contributed by atoms with Crippen LogP contribution in [0.1, 0.15) is 54.4 Å². The van der Waals surface area contributed by atoms with Crippen LogP contribution < -0.4 is 5.73 Å². The lowest BCUT2D eigenvalue weighted by Gasteiger charge is -2.14. The molecule has 21 heavy (non-hydrogen) atoms. The third-order valence-electron chi connectivity index (χ3n) is 4.96. The van der Waals surface area contributed by atoms with E-state index >= 15 is 0 Å². The normalized spacial score (nSPS) is 20.1. The number of nitrogen functional groups attached to an aromatic ring is 1.